The molecule has 0 saturated carbocycles. The molecule has 0 unspecified atom stereocenters. The number of nitrogens with zero attached hydrogens (tertiary/aromatic N) is 7. The highest BCUT2D eigenvalue weighted by atomic mass is 15.3. The molecule has 5 aliphatic rings. The summed E-state index contributed by atoms with van der Waals surface area (Å²) in [6, 6.07) is 27.4. The summed E-state index contributed by atoms with van der Waals surface area (Å²) in [6.07, 6.45) is 0. The van der Waals surface area contributed by atoms with Gasteiger partial charge in [-0.15, -0.1) is 0 Å². The van der Waals surface area contributed by atoms with Crippen LogP contribution in [-0.2, 0) is 0 Å². The highest BCUT2D eigenvalue weighted by molar-refractivity contribution is 7.03. The number of fused-ring (bicyclic) bond motifs is 12. The van der Waals surface area contributed by atoms with Gasteiger partial charge < -0.3 is 13.7 Å². The van der Waals surface area contributed by atoms with E-state index in [-0.39, 0.29) is 6.71 Å². The van der Waals surface area contributed by atoms with Crippen molar-refractivity contribution in [3.63, 3.8) is 0 Å². The average Bonchev–Trinajstić information content (AvgIpc) is 3.85. The average molecular weight is 638 g/mol. The zero-order valence-corrected chi connectivity index (χ0v) is 27.6. The third kappa shape index (κ3) is 2.01. The number of para-hydroxylation sites is 2. The Kier molecular flexibility index (Phi) is 3.31. The molecule has 0 fully saturated rings. The van der Waals surface area contributed by atoms with Crippen LogP contribution < -0.4 is 16.4 Å². The highest BCUT2D eigenvalue weighted by Gasteiger charge is 2.48. The zero-order chi connectivity index (χ0) is 32.4. The molecule has 0 atom stereocenters. The molecule has 5 aliphatic heterocycles. The third-order valence-electron chi connectivity index (χ3n) is 13.0. The number of hydrogen-bond acceptors (Lipinski definition) is 2. The summed E-state index contributed by atoms with van der Waals surface area (Å²) in [4.78, 5) is 0. The molecular weight excluding hydrogens is 613 g/mol. The molecular formula is C42H24BN7. The van der Waals surface area contributed by atoms with Crippen molar-refractivity contribution in [3.8, 4) is 17.1 Å². The highest BCUT2D eigenvalue weighted by Crippen LogP contribution is 2.50. The predicted octanol–water partition coefficient (Wildman–Crippen LogP) is 6.99. The molecule has 50 heavy (non-hydrogen) atoms. The van der Waals surface area contributed by atoms with E-state index >= 15 is 0 Å². The van der Waals surface area contributed by atoms with Crippen molar-refractivity contribution in [1.82, 2.24) is 32.9 Å². The van der Waals surface area contributed by atoms with E-state index in [1.54, 1.807) is 0 Å². The van der Waals surface area contributed by atoms with E-state index in [0.29, 0.717) is 0 Å². The van der Waals surface area contributed by atoms with Crippen molar-refractivity contribution in [2.45, 2.75) is 27.7 Å². The van der Waals surface area contributed by atoms with Gasteiger partial charge in [0.1, 0.15) is 0 Å². The van der Waals surface area contributed by atoms with Crippen molar-refractivity contribution in [2.24, 2.45) is 0 Å². The summed E-state index contributed by atoms with van der Waals surface area (Å²) in [6.45, 7) is 8.99. The molecule has 4 aromatic heterocycles. The van der Waals surface area contributed by atoms with E-state index in [0.717, 1.165) is 22.4 Å². The molecule has 10 aromatic rings. The van der Waals surface area contributed by atoms with E-state index in [1.807, 2.05) is 0 Å². The Bertz CT molecular complexity index is 3480. The number of aromatic nitrogens is 7. The number of hydrogen-bond donors (Lipinski definition) is 0. The maximum Gasteiger partial charge on any atom is 0.257 e. The van der Waals surface area contributed by atoms with Crippen LogP contribution in [0.25, 0.3) is 105 Å². The molecule has 0 aliphatic carbocycles. The Morgan fingerprint density at radius 2 is 0.960 bits per heavy atom. The van der Waals surface area contributed by atoms with E-state index in [4.69, 9.17) is 10.2 Å². The lowest BCUT2D eigenvalue weighted by atomic mass is 9.33. The van der Waals surface area contributed by atoms with E-state index in [2.05, 4.69) is 123 Å². The second-order valence-corrected chi connectivity index (χ2v) is 15.2. The van der Waals surface area contributed by atoms with E-state index < -0.39 is 0 Å². The van der Waals surface area contributed by atoms with Gasteiger partial charge in [0, 0.05) is 43.7 Å². The fourth-order valence-electron chi connectivity index (χ4n) is 11.6. The Morgan fingerprint density at radius 3 is 1.48 bits per heavy atom. The number of benzene rings is 6. The number of aryl methyl sites for hydroxylation is 4. The van der Waals surface area contributed by atoms with Crippen molar-refractivity contribution in [3.05, 3.63) is 95.3 Å². The lowest BCUT2D eigenvalue weighted by molar-refractivity contribution is 0.922. The smallest absolute Gasteiger partial charge is 0.257 e. The van der Waals surface area contributed by atoms with E-state index in [9.17, 15) is 0 Å². The van der Waals surface area contributed by atoms with Crippen LogP contribution in [-0.4, -0.2) is 39.6 Å². The van der Waals surface area contributed by atoms with Crippen molar-refractivity contribution >= 4 is 111 Å². The first kappa shape index (κ1) is 24.0. The second kappa shape index (κ2) is 6.91. The van der Waals surface area contributed by atoms with Gasteiger partial charge in [-0.2, -0.15) is 10.2 Å². The summed E-state index contributed by atoms with van der Waals surface area (Å²) in [5.41, 5.74) is 25.1. The monoisotopic (exact) mass is 637 g/mol. The fraction of sp³-hybridized carbons (Fsp3) is 0.0952. The van der Waals surface area contributed by atoms with Gasteiger partial charge in [-0.1, -0.05) is 48.5 Å². The largest absolute Gasteiger partial charge is 0.310 e. The van der Waals surface area contributed by atoms with Gasteiger partial charge in [-0.05, 0) is 79.5 Å². The minimum atomic E-state index is 0.0659. The van der Waals surface area contributed by atoms with Crippen LogP contribution in [0.4, 0.5) is 0 Å². The van der Waals surface area contributed by atoms with Gasteiger partial charge in [0.05, 0.1) is 72.2 Å². The summed E-state index contributed by atoms with van der Waals surface area (Å²) in [7, 11) is 0. The molecule has 230 valence electrons. The fourth-order valence-corrected chi connectivity index (χ4v) is 11.6. The lowest BCUT2D eigenvalue weighted by Gasteiger charge is -2.39. The Balaban J connectivity index is 1.45. The first-order valence-corrected chi connectivity index (χ1v) is 17.6. The Labute approximate surface area is 282 Å². The minimum Gasteiger partial charge on any atom is -0.310 e. The standard InChI is InChI=1S/C42H24BN7/c1-17-16-18(2)35-42-34(17)49-38-27(19(3)44-49)29-21-10-5-7-12-23(21)46-25-14-9-15-26-31(25)43-32(36(29)46)40(38)48(42)41-33(43)37-30(28-20(4)45-50(35)39(28)41)22-11-6-8-13-24(22)47(26)37/h5-16H,1-4H3. The van der Waals surface area contributed by atoms with Gasteiger partial charge in [-0.25, -0.2) is 9.03 Å². The van der Waals surface area contributed by atoms with Crippen LogP contribution in [0.5, 0.6) is 0 Å². The third-order valence-corrected chi connectivity index (χ3v) is 13.0. The first-order valence-electron chi connectivity index (χ1n) is 17.6. The Hall–Kier alpha value is -6.28. The molecule has 9 heterocycles. The topological polar surface area (TPSA) is 49.4 Å². The predicted molar refractivity (Wildman–Crippen MR) is 204 cm³/mol. The normalized spacial score (nSPS) is 14.4. The molecule has 6 aromatic carbocycles. The molecule has 0 radical (unpaired) electrons. The molecule has 0 amide bonds. The molecule has 7 nitrogen and oxygen atoms in total. The van der Waals surface area contributed by atoms with Gasteiger partial charge in [0.15, 0.2) is 0 Å². The van der Waals surface area contributed by atoms with Crippen LogP contribution in [0.3, 0.4) is 0 Å². The molecule has 0 bridgehead atoms. The molecule has 0 saturated heterocycles. The SMILES string of the molecule is Cc1nn2c3c(C)cc(C)c4c3-n3c5c6c7c(c8ccccc8n7-c7cccc8c7B6c6c7c(c9ccccc9n7-8)c7c(C)nn4c7c63)c1c52. The minimum absolute atomic E-state index is 0.0659. The maximum absolute atomic E-state index is 5.45. The van der Waals surface area contributed by atoms with E-state index in [1.165, 1.54) is 121 Å². The van der Waals surface area contributed by atoms with Crippen LogP contribution >= 0.6 is 0 Å². The quantitative estimate of drug-likeness (QED) is 0.102. The Morgan fingerprint density at radius 1 is 0.460 bits per heavy atom. The molecule has 15 rings (SSSR count). The summed E-state index contributed by atoms with van der Waals surface area (Å²) < 4.78 is 12.5. The van der Waals surface area contributed by atoms with Crippen LogP contribution in [0.2, 0.25) is 0 Å². The zero-order valence-electron chi connectivity index (χ0n) is 27.6. The van der Waals surface area contributed by atoms with Crippen molar-refractivity contribution in [2.75, 3.05) is 0 Å². The van der Waals surface area contributed by atoms with Gasteiger partial charge in [-0.3, -0.25) is 0 Å². The first-order chi connectivity index (χ1) is 24.5. The molecule has 0 N–H and O–H groups in total. The van der Waals surface area contributed by atoms with Gasteiger partial charge in [0.2, 0.25) is 0 Å². The lowest BCUT2D eigenvalue weighted by Crippen LogP contribution is -2.62. The van der Waals surface area contributed by atoms with Crippen LogP contribution in [0.15, 0.2) is 72.8 Å². The maximum atomic E-state index is 5.45. The van der Waals surface area contributed by atoms with Gasteiger partial charge >= 0.3 is 0 Å². The van der Waals surface area contributed by atoms with Crippen LogP contribution in [0.1, 0.15) is 22.5 Å². The van der Waals surface area contributed by atoms with Crippen molar-refractivity contribution < 1.29 is 0 Å². The number of rotatable bonds is 0. The molecule has 8 heteroatoms. The summed E-state index contributed by atoms with van der Waals surface area (Å²) in [5, 5.41) is 18.7. The summed E-state index contributed by atoms with van der Waals surface area (Å²) in [5.74, 6) is 0. The van der Waals surface area contributed by atoms with Crippen molar-refractivity contribution in [1.29, 1.82) is 0 Å². The van der Waals surface area contributed by atoms with Gasteiger partial charge in [0.25, 0.3) is 6.71 Å². The van der Waals surface area contributed by atoms with Crippen LogP contribution in [0, 0.1) is 27.7 Å². The molecule has 0 spiro atoms. The summed E-state index contributed by atoms with van der Waals surface area (Å²) >= 11 is 0. The second-order valence-electron chi connectivity index (χ2n) is 15.2.